The first-order valence-electron chi connectivity index (χ1n) is 2.99. The SMILES string of the molecule is Cc1ncc(CN)c(=O)[nH]1.Cl. The Morgan fingerprint density at radius 2 is 2.36 bits per heavy atom. The number of nitrogens with zero attached hydrogens (tertiary/aromatic N) is 1. The van der Waals surface area contributed by atoms with Crippen LogP contribution in [0.1, 0.15) is 11.4 Å². The molecule has 1 heterocycles. The molecule has 0 aliphatic heterocycles. The fourth-order valence-electron chi connectivity index (χ4n) is 0.656. The number of nitrogens with two attached hydrogens (primary N) is 1. The van der Waals surface area contributed by atoms with Crippen LogP contribution in [0, 0.1) is 6.92 Å². The maximum atomic E-state index is 10.9. The van der Waals surface area contributed by atoms with Gasteiger partial charge in [0.15, 0.2) is 0 Å². The molecule has 3 N–H and O–H groups in total. The van der Waals surface area contributed by atoms with Gasteiger partial charge in [0.2, 0.25) is 0 Å². The summed E-state index contributed by atoms with van der Waals surface area (Å²) in [6.45, 7) is 1.96. The minimum Gasteiger partial charge on any atom is -0.326 e. The summed E-state index contributed by atoms with van der Waals surface area (Å²) in [4.78, 5) is 17.3. The van der Waals surface area contributed by atoms with E-state index in [0.29, 0.717) is 11.4 Å². The molecule has 11 heavy (non-hydrogen) atoms. The van der Waals surface area contributed by atoms with Gasteiger partial charge >= 0.3 is 0 Å². The number of halogens is 1. The number of aromatic amines is 1. The highest BCUT2D eigenvalue weighted by molar-refractivity contribution is 5.85. The fraction of sp³-hybridized carbons (Fsp3) is 0.333. The maximum absolute atomic E-state index is 10.9. The molecule has 0 radical (unpaired) electrons. The molecule has 0 fully saturated rings. The van der Waals surface area contributed by atoms with Crippen LogP contribution < -0.4 is 11.3 Å². The van der Waals surface area contributed by atoms with Crippen molar-refractivity contribution in [2.24, 2.45) is 5.73 Å². The molecule has 0 spiro atoms. The number of rotatable bonds is 1. The van der Waals surface area contributed by atoms with E-state index in [2.05, 4.69) is 9.97 Å². The van der Waals surface area contributed by atoms with E-state index in [1.54, 1.807) is 6.92 Å². The van der Waals surface area contributed by atoms with Gasteiger partial charge in [-0.25, -0.2) is 4.98 Å². The van der Waals surface area contributed by atoms with E-state index in [1.165, 1.54) is 6.20 Å². The first kappa shape index (κ1) is 10.1. The smallest absolute Gasteiger partial charge is 0.255 e. The van der Waals surface area contributed by atoms with Crippen molar-refractivity contribution in [1.82, 2.24) is 9.97 Å². The van der Waals surface area contributed by atoms with Gasteiger partial charge in [-0.1, -0.05) is 0 Å². The number of H-pyrrole nitrogens is 1. The number of aryl methyl sites for hydroxylation is 1. The Labute approximate surface area is 70.3 Å². The molecule has 0 unspecified atom stereocenters. The summed E-state index contributed by atoms with van der Waals surface area (Å²) in [5.41, 5.74) is 5.62. The summed E-state index contributed by atoms with van der Waals surface area (Å²) in [6.07, 6.45) is 1.49. The van der Waals surface area contributed by atoms with E-state index in [1.807, 2.05) is 0 Å². The summed E-state index contributed by atoms with van der Waals surface area (Å²) >= 11 is 0. The molecule has 0 amide bonds. The normalized spacial score (nSPS) is 8.91. The van der Waals surface area contributed by atoms with Gasteiger partial charge in [0.25, 0.3) is 5.56 Å². The second-order valence-corrected chi connectivity index (χ2v) is 2.03. The third-order valence-corrected chi connectivity index (χ3v) is 1.22. The Bertz CT molecular complexity index is 283. The van der Waals surface area contributed by atoms with Gasteiger partial charge in [-0.15, -0.1) is 12.4 Å². The summed E-state index contributed by atoms with van der Waals surface area (Å²) in [7, 11) is 0. The van der Waals surface area contributed by atoms with Crippen molar-refractivity contribution >= 4 is 12.4 Å². The van der Waals surface area contributed by atoms with Crippen LogP contribution >= 0.6 is 12.4 Å². The van der Waals surface area contributed by atoms with Crippen molar-refractivity contribution in [3.05, 3.63) is 27.9 Å². The standard InChI is InChI=1S/C6H9N3O.ClH/c1-4-8-3-5(2-7)6(10)9-4;/h3H,2,7H2,1H3,(H,8,9,10);1H. The van der Waals surface area contributed by atoms with Crippen molar-refractivity contribution in [3.63, 3.8) is 0 Å². The van der Waals surface area contributed by atoms with E-state index >= 15 is 0 Å². The Morgan fingerprint density at radius 3 is 2.82 bits per heavy atom. The van der Waals surface area contributed by atoms with Crippen molar-refractivity contribution in [2.45, 2.75) is 13.5 Å². The molecule has 0 aliphatic rings. The molecule has 5 heteroatoms. The second kappa shape index (κ2) is 4.10. The molecular formula is C6H10ClN3O. The molecule has 0 saturated heterocycles. The van der Waals surface area contributed by atoms with Crippen LogP contribution in [0.2, 0.25) is 0 Å². The van der Waals surface area contributed by atoms with E-state index in [0.717, 1.165) is 0 Å². The van der Waals surface area contributed by atoms with Gasteiger partial charge in [-0.05, 0) is 6.92 Å². The van der Waals surface area contributed by atoms with E-state index in [4.69, 9.17) is 5.73 Å². The van der Waals surface area contributed by atoms with Crippen molar-refractivity contribution in [3.8, 4) is 0 Å². The van der Waals surface area contributed by atoms with Gasteiger partial charge in [-0.2, -0.15) is 0 Å². The monoisotopic (exact) mass is 175 g/mol. The molecule has 62 valence electrons. The van der Waals surface area contributed by atoms with Crippen molar-refractivity contribution < 1.29 is 0 Å². The number of hydrogen-bond donors (Lipinski definition) is 2. The first-order chi connectivity index (χ1) is 4.74. The van der Waals surface area contributed by atoms with E-state index < -0.39 is 0 Å². The quantitative estimate of drug-likeness (QED) is 0.629. The van der Waals surface area contributed by atoms with Crippen LogP contribution in [0.15, 0.2) is 11.0 Å². The predicted molar refractivity (Wildman–Crippen MR) is 44.7 cm³/mol. The Hall–Kier alpha value is -0.870. The average Bonchev–Trinajstić information content (AvgIpc) is 1.88. The Balaban J connectivity index is 0.000001000. The zero-order chi connectivity index (χ0) is 7.56. The molecule has 1 rings (SSSR count). The predicted octanol–water partition coefficient (Wildman–Crippen LogP) is -0.0412. The Morgan fingerprint density at radius 1 is 1.73 bits per heavy atom. The minimum atomic E-state index is -0.144. The molecule has 0 saturated carbocycles. The van der Waals surface area contributed by atoms with Crippen LogP contribution in [0.5, 0.6) is 0 Å². The minimum absolute atomic E-state index is 0. The zero-order valence-corrected chi connectivity index (χ0v) is 6.94. The van der Waals surface area contributed by atoms with E-state index in [-0.39, 0.29) is 24.5 Å². The van der Waals surface area contributed by atoms with Gasteiger partial charge in [0.05, 0.1) is 0 Å². The molecule has 1 aromatic heterocycles. The number of nitrogens with one attached hydrogen (secondary N) is 1. The third-order valence-electron chi connectivity index (χ3n) is 1.22. The van der Waals surface area contributed by atoms with Gasteiger partial charge in [0.1, 0.15) is 5.82 Å². The molecule has 0 bridgehead atoms. The van der Waals surface area contributed by atoms with Crippen LogP contribution in [-0.2, 0) is 6.54 Å². The van der Waals surface area contributed by atoms with E-state index in [9.17, 15) is 4.79 Å². The topological polar surface area (TPSA) is 71.8 Å². The fourth-order valence-corrected chi connectivity index (χ4v) is 0.656. The van der Waals surface area contributed by atoms with Gasteiger partial charge < -0.3 is 10.7 Å². The summed E-state index contributed by atoms with van der Waals surface area (Å²) in [5, 5.41) is 0. The van der Waals surface area contributed by atoms with Crippen molar-refractivity contribution in [1.29, 1.82) is 0 Å². The molecular weight excluding hydrogens is 166 g/mol. The lowest BCUT2D eigenvalue weighted by molar-refractivity contribution is 0.935. The van der Waals surface area contributed by atoms with Gasteiger partial charge in [0, 0.05) is 18.3 Å². The molecule has 0 aromatic carbocycles. The molecule has 4 nitrogen and oxygen atoms in total. The highest BCUT2D eigenvalue weighted by Gasteiger charge is 1.95. The third kappa shape index (κ3) is 2.32. The average molecular weight is 176 g/mol. The molecule has 1 aromatic rings. The molecule has 0 atom stereocenters. The van der Waals surface area contributed by atoms with Crippen LogP contribution in [0.3, 0.4) is 0 Å². The summed E-state index contributed by atoms with van der Waals surface area (Å²) in [6, 6.07) is 0. The van der Waals surface area contributed by atoms with Crippen molar-refractivity contribution in [2.75, 3.05) is 0 Å². The Kier molecular flexibility index (Phi) is 3.78. The largest absolute Gasteiger partial charge is 0.326 e. The maximum Gasteiger partial charge on any atom is 0.255 e. The zero-order valence-electron chi connectivity index (χ0n) is 6.13. The lowest BCUT2D eigenvalue weighted by Gasteiger charge is -1.93. The summed E-state index contributed by atoms with van der Waals surface area (Å²) < 4.78 is 0. The number of aromatic nitrogens is 2. The first-order valence-corrected chi connectivity index (χ1v) is 2.99. The van der Waals surface area contributed by atoms with Crippen LogP contribution in [0.25, 0.3) is 0 Å². The highest BCUT2D eigenvalue weighted by atomic mass is 35.5. The highest BCUT2D eigenvalue weighted by Crippen LogP contribution is 1.84. The van der Waals surface area contributed by atoms with Crippen LogP contribution in [0.4, 0.5) is 0 Å². The van der Waals surface area contributed by atoms with Gasteiger partial charge in [-0.3, -0.25) is 4.79 Å². The number of hydrogen-bond acceptors (Lipinski definition) is 3. The molecule has 0 aliphatic carbocycles. The lowest BCUT2D eigenvalue weighted by atomic mass is 10.3. The summed E-state index contributed by atoms with van der Waals surface area (Å²) in [5.74, 6) is 0.613. The second-order valence-electron chi connectivity index (χ2n) is 2.03. The lowest BCUT2D eigenvalue weighted by Crippen LogP contribution is -2.17. The van der Waals surface area contributed by atoms with Crippen LogP contribution in [-0.4, -0.2) is 9.97 Å².